The molecular weight excluding hydrogens is 364 g/mol. The van der Waals surface area contributed by atoms with Gasteiger partial charge in [-0.1, -0.05) is 27.7 Å². The standard InChI is InChI=1S/C21H32O7/c1-9-8-13(25)15-16-14(9)21(15,7)19(28-12(4)24)17(26-10(2)22)18(20(16,5)6)27-11(3)23/h9,13-19,25H,8H2,1-7H3/t9-,13-,14+,15-,16+,17-,18-,19-,21+/m1/s1/i8D2. The fourth-order valence-electron chi connectivity index (χ4n) is 6.48. The van der Waals surface area contributed by atoms with Gasteiger partial charge >= 0.3 is 17.9 Å². The molecular formula is C21H32O7. The van der Waals surface area contributed by atoms with Crippen molar-refractivity contribution in [3.8, 4) is 0 Å². The lowest BCUT2D eigenvalue weighted by Gasteiger charge is -2.70. The molecule has 28 heavy (non-hydrogen) atoms. The molecule has 158 valence electrons. The molecule has 0 amide bonds. The molecule has 0 aromatic heterocycles. The Morgan fingerprint density at radius 3 is 1.86 bits per heavy atom. The molecule has 0 aliphatic heterocycles. The van der Waals surface area contributed by atoms with Gasteiger partial charge in [0, 0.05) is 34.3 Å². The first-order valence-corrected chi connectivity index (χ1v) is 9.79. The summed E-state index contributed by atoms with van der Waals surface area (Å²) in [6.45, 7) is 11.1. The van der Waals surface area contributed by atoms with Gasteiger partial charge in [-0.3, -0.25) is 14.4 Å². The normalized spacial score (nSPS) is 48.7. The minimum Gasteiger partial charge on any atom is -0.458 e. The number of fused-ring (bicyclic) bond motifs is 2. The molecule has 4 rings (SSSR count). The number of aliphatic hydroxyl groups is 1. The molecule has 1 N–H and O–H groups in total. The third-order valence-electron chi connectivity index (χ3n) is 7.21. The third kappa shape index (κ3) is 2.85. The number of esters is 3. The van der Waals surface area contributed by atoms with Crippen molar-refractivity contribution < 1.29 is 36.4 Å². The van der Waals surface area contributed by atoms with Gasteiger partial charge < -0.3 is 19.3 Å². The number of rotatable bonds is 3. The molecule has 0 saturated heterocycles. The highest BCUT2D eigenvalue weighted by atomic mass is 16.6. The molecule has 4 aliphatic rings. The zero-order chi connectivity index (χ0) is 23.0. The highest BCUT2D eigenvalue weighted by Crippen LogP contribution is 2.74. The molecule has 7 heteroatoms. The fraction of sp³-hybridized carbons (Fsp3) is 0.857. The number of carbonyl (C=O) groups is 3. The monoisotopic (exact) mass is 398 g/mol. The third-order valence-corrected chi connectivity index (χ3v) is 7.21. The van der Waals surface area contributed by atoms with Crippen LogP contribution in [0.1, 0.15) is 57.6 Å². The maximum atomic E-state index is 12.1. The molecule has 0 aromatic rings. The van der Waals surface area contributed by atoms with Crippen molar-refractivity contribution in [2.75, 3.05) is 0 Å². The Labute approximate surface area is 168 Å². The van der Waals surface area contributed by atoms with Crippen molar-refractivity contribution >= 4 is 17.9 Å². The second-order valence-electron chi connectivity index (χ2n) is 9.30. The van der Waals surface area contributed by atoms with E-state index in [2.05, 4.69) is 0 Å². The predicted octanol–water partition coefficient (Wildman–Crippen LogP) is 2.09. The Hall–Kier alpha value is -1.63. The van der Waals surface area contributed by atoms with Crippen LogP contribution in [0, 0.1) is 34.5 Å². The second-order valence-corrected chi connectivity index (χ2v) is 9.30. The van der Waals surface area contributed by atoms with E-state index in [1.807, 2.05) is 20.8 Å². The van der Waals surface area contributed by atoms with Crippen LogP contribution < -0.4 is 0 Å². The Balaban J connectivity index is 2.24. The topological polar surface area (TPSA) is 99.1 Å². The maximum Gasteiger partial charge on any atom is 0.303 e. The van der Waals surface area contributed by atoms with Crippen molar-refractivity contribution in [3.63, 3.8) is 0 Å². The van der Waals surface area contributed by atoms with Gasteiger partial charge in [0.05, 0.1) is 6.10 Å². The average molecular weight is 398 g/mol. The number of ether oxygens (including phenoxy) is 3. The van der Waals surface area contributed by atoms with Gasteiger partial charge in [0.1, 0.15) is 12.2 Å². The number of hydrogen-bond donors (Lipinski definition) is 1. The number of aliphatic hydroxyl groups excluding tert-OH is 1. The van der Waals surface area contributed by atoms with Crippen LogP contribution in [0.5, 0.6) is 0 Å². The van der Waals surface area contributed by atoms with E-state index in [9.17, 15) is 19.5 Å². The van der Waals surface area contributed by atoms with Crippen LogP contribution >= 0.6 is 0 Å². The van der Waals surface area contributed by atoms with E-state index in [1.54, 1.807) is 6.92 Å². The first-order valence-electron chi connectivity index (χ1n) is 10.8. The van der Waals surface area contributed by atoms with E-state index >= 15 is 0 Å². The van der Waals surface area contributed by atoms with E-state index in [0.717, 1.165) is 0 Å². The van der Waals surface area contributed by atoms with E-state index in [1.165, 1.54) is 20.8 Å². The lowest BCUT2D eigenvalue weighted by atomic mass is 9.35. The Kier molecular flexibility index (Phi) is 4.41. The van der Waals surface area contributed by atoms with Crippen LogP contribution in [0.15, 0.2) is 0 Å². The summed E-state index contributed by atoms with van der Waals surface area (Å²) in [4.78, 5) is 36.0. The van der Waals surface area contributed by atoms with Gasteiger partial charge in [-0.25, -0.2) is 0 Å². The molecule has 0 aromatic carbocycles. The van der Waals surface area contributed by atoms with E-state index in [-0.39, 0.29) is 11.8 Å². The van der Waals surface area contributed by atoms with Crippen LogP contribution in [0.25, 0.3) is 0 Å². The lowest BCUT2D eigenvalue weighted by molar-refractivity contribution is -0.286. The fourth-order valence-corrected chi connectivity index (χ4v) is 6.48. The van der Waals surface area contributed by atoms with E-state index < -0.39 is 71.4 Å². The largest absolute Gasteiger partial charge is 0.458 e. The highest BCUT2D eigenvalue weighted by Gasteiger charge is 2.78. The van der Waals surface area contributed by atoms with Crippen LogP contribution in [0.4, 0.5) is 0 Å². The van der Waals surface area contributed by atoms with Crippen molar-refractivity contribution in [1.82, 2.24) is 0 Å². The Bertz CT molecular complexity index is 744. The summed E-state index contributed by atoms with van der Waals surface area (Å²) < 4.78 is 33.9. The smallest absolute Gasteiger partial charge is 0.303 e. The molecule has 7 nitrogen and oxygen atoms in total. The molecule has 4 fully saturated rings. The average Bonchev–Trinajstić information content (AvgIpc) is 2.65. The van der Waals surface area contributed by atoms with Gasteiger partial charge in [-0.05, 0) is 30.0 Å². The molecule has 9 atom stereocenters. The summed E-state index contributed by atoms with van der Waals surface area (Å²) in [6, 6.07) is 0. The lowest BCUT2D eigenvalue weighted by Crippen LogP contribution is -2.72. The second kappa shape index (κ2) is 6.71. The SMILES string of the molecule is [2H]C1([2H])[C@@H](C)[C@H]2[C@H]3[C@@H]([C@@H]1O)[C@@]2(C)[C@H](OC(C)=O)[C@H](OC(C)=O)[C@@H](OC(C)=O)C3(C)C. The summed E-state index contributed by atoms with van der Waals surface area (Å²) in [6.07, 6.45) is -6.12. The van der Waals surface area contributed by atoms with Crippen molar-refractivity contribution in [2.45, 2.75) is 79.3 Å². The van der Waals surface area contributed by atoms with Crippen LogP contribution in [-0.2, 0) is 28.6 Å². The highest BCUT2D eigenvalue weighted by molar-refractivity contribution is 5.68. The molecule has 4 aliphatic carbocycles. The van der Waals surface area contributed by atoms with Gasteiger partial charge in [0.2, 0.25) is 0 Å². The van der Waals surface area contributed by atoms with E-state index in [4.69, 9.17) is 17.0 Å². The molecule has 0 heterocycles. The summed E-state index contributed by atoms with van der Waals surface area (Å²) >= 11 is 0. The zero-order valence-corrected chi connectivity index (χ0v) is 17.5. The van der Waals surface area contributed by atoms with Gasteiger partial charge in [-0.2, -0.15) is 0 Å². The number of carbonyl (C=O) groups excluding carboxylic acids is 3. The summed E-state index contributed by atoms with van der Waals surface area (Å²) in [7, 11) is 0. The predicted molar refractivity (Wildman–Crippen MR) is 98.8 cm³/mol. The minimum atomic E-state index is -1.82. The van der Waals surface area contributed by atoms with Crippen molar-refractivity contribution in [2.24, 2.45) is 34.5 Å². The molecule has 0 unspecified atom stereocenters. The van der Waals surface area contributed by atoms with Crippen LogP contribution in [-0.4, -0.2) is 47.4 Å². The summed E-state index contributed by atoms with van der Waals surface area (Å²) in [5.74, 6) is -3.39. The summed E-state index contributed by atoms with van der Waals surface area (Å²) in [5, 5.41) is 11.1. The van der Waals surface area contributed by atoms with Crippen LogP contribution in [0.2, 0.25) is 0 Å². The maximum absolute atomic E-state index is 12.1. The first-order chi connectivity index (χ1) is 13.6. The Morgan fingerprint density at radius 2 is 1.39 bits per heavy atom. The van der Waals surface area contributed by atoms with Crippen LogP contribution in [0.3, 0.4) is 0 Å². The minimum absolute atomic E-state index is 0.223. The van der Waals surface area contributed by atoms with Gasteiger partial charge in [0.25, 0.3) is 0 Å². The van der Waals surface area contributed by atoms with E-state index in [0.29, 0.717) is 0 Å². The quantitative estimate of drug-likeness (QED) is 0.574. The number of hydrogen-bond acceptors (Lipinski definition) is 7. The summed E-state index contributed by atoms with van der Waals surface area (Å²) in [5.41, 5.74) is -1.63. The molecule has 4 bridgehead atoms. The Morgan fingerprint density at radius 1 is 0.893 bits per heavy atom. The van der Waals surface area contributed by atoms with Gasteiger partial charge in [-0.15, -0.1) is 0 Å². The molecule has 4 saturated carbocycles. The van der Waals surface area contributed by atoms with Crippen molar-refractivity contribution in [1.29, 1.82) is 0 Å². The molecule has 0 spiro atoms. The van der Waals surface area contributed by atoms with Gasteiger partial charge in [0.15, 0.2) is 6.10 Å². The first kappa shape index (κ1) is 18.4. The zero-order valence-electron chi connectivity index (χ0n) is 19.5. The van der Waals surface area contributed by atoms with Crippen molar-refractivity contribution in [3.05, 3.63) is 0 Å². The molecule has 0 radical (unpaired) electrons.